The Balaban J connectivity index is 2.41. The second-order valence-electron chi connectivity index (χ2n) is 3.50. The molecule has 0 bridgehead atoms. The summed E-state index contributed by atoms with van der Waals surface area (Å²) < 4.78 is 6.99. The van der Waals surface area contributed by atoms with Crippen molar-refractivity contribution in [2.75, 3.05) is 19.6 Å². The molecule has 1 heterocycles. The summed E-state index contributed by atoms with van der Waals surface area (Å²) in [5.74, 6) is 1.57. The highest BCUT2D eigenvalue weighted by atomic mass is 35.5. The fraction of sp³-hybridized carbons (Fsp3) is 0.800. The van der Waals surface area contributed by atoms with Crippen molar-refractivity contribution in [1.82, 2.24) is 20.1 Å². The van der Waals surface area contributed by atoms with Gasteiger partial charge >= 0.3 is 0 Å². The predicted octanol–water partition coefficient (Wildman–Crippen LogP) is 1.03. The van der Waals surface area contributed by atoms with E-state index in [0.29, 0.717) is 19.0 Å². The lowest BCUT2D eigenvalue weighted by Crippen LogP contribution is -2.34. The van der Waals surface area contributed by atoms with E-state index in [4.69, 9.17) is 16.3 Å². The highest BCUT2D eigenvalue weighted by Gasteiger charge is 2.09. The lowest BCUT2D eigenvalue weighted by atomic mass is 10.2. The number of hydrogen-bond donors (Lipinski definition) is 1. The van der Waals surface area contributed by atoms with Crippen LogP contribution in [-0.4, -0.2) is 40.4 Å². The van der Waals surface area contributed by atoms with Crippen LogP contribution in [0.4, 0.5) is 0 Å². The third kappa shape index (κ3) is 4.08. The van der Waals surface area contributed by atoms with Gasteiger partial charge in [0.05, 0.1) is 13.2 Å². The van der Waals surface area contributed by atoms with Gasteiger partial charge in [0.15, 0.2) is 0 Å². The van der Waals surface area contributed by atoms with Crippen molar-refractivity contribution in [3.63, 3.8) is 0 Å². The molecular weight excluding hydrogens is 228 g/mol. The van der Waals surface area contributed by atoms with Crippen LogP contribution in [0.5, 0.6) is 0 Å². The summed E-state index contributed by atoms with van der Waals surface area (Å²) in [6.45, 7) is 4.23. The summed E-state index contributed by atoms with van der Waals surface area (Å²) in [6, 6.07) is 0.268. The first-order valence-corrected chi connectivity index (χ1v) is 6.00. The van der Waals surface area contributed by atoms with E-state index in [0.717, 1.165) is 18.8 Å². The average molecular weight is 247 g/mol. The number of nitrogens with one attached hydrogen (secondary N) is 1. The van der Waals surface area contributed by atoms with Gasteiger partial charge in [0, 0.05) is 25.6 Å². The van der Waals surface area contributed by atoms with E-state index in [2.05, 4.69) is 15.4 Å². The first-order valence-electron chi connectivity index (χ1n) is 5.46. The normalized spacial score (nSPS) is 12.9. The summed E-state index contributed by atoms with van der Waals surface area (Å²) >= 11 is 5.72. The van der Waals surface area contributed by atoms with Crippen LogP contribution in [0.15, 0.2) is 6.33 Å². The molecule has 1 atom stereocenters. The number of methoxy groups -OCH3 is 1. The molecule has 0 aliphatic carbocycles. The molecule has 1 N–H and O–H groups in total. The summed E-state index contributed by atoms with van der Waals surface area (Å²) in [4.78, 5) is 4.19. The zero-order chi connectivity index (χ0) is 11.8. The van der Waals surface area contributed by atoms with E-state index in [1.165, 1.54) is 0 Å². The molecule has 0 saturated carbocycles. The molecular formula is C10H19ClN4O. The minimum Gasteiger partial charge on any atom is -0.383 e. The van der Waals surface area contributed by atoms with Gasteiger partial charge in [0.1, 0.15) is 12.2 Å². The van der Waals surface area contributed by atoms with Crippen LogP contribution in [0.1, 0.15) is 19.2 Å². The summed E-state index contributed by atoms with van der Waals surface area (Å²) in [7, 11) is 1.69. The van der Waals surface area contributed by atoms with Gasteiger partial charge in [-0.3, -0.25) is 0 Å². The van der Waals surface area contributed by atoms with E-state index >= 15 is 0 Å². The molecule has 16 heavy (non-hydrogen) atoms. The van der Waals surface area contributed by atoms with Gasteiger partial charge in [-0.2, -0.15) is 5.10 Å². The maximum atomic E-state index is 5.72. The Morgan fingerprint density at radius 3 is 3.06 bits per heavy atom. The Bertz CT molecular complexity index is 286. The first-order chi connectivity index (χ1) is 7.81. The van der Waals surface area contributed by atoms with Crippen LogP contribution >= 0.6 is 11.6 Å². The minimum atomic E-state index is 0.268. The number of nitrogens with zero attached hydrogens (tertiary/aromatic N) is 3. The average Bonchev–Trinajstić information content (AvgIpc) is 2.74. The molecule has 1 rings (SSSR count). The minimum absolute atomic E-state index is 0.268. The van der Waals surface area contributed by atoms with Crippen LogP contribution < -0.4 is 5.32 Å². The number of hydrogen-bond acceptors (Lipinski definition) is 4. The molecule has 5 nitrogen and oxygen atoms in total. The zero-order valence-electron chi connectivity index (χ0n) is 9.82. The Labute approximate surface area is 101 Å². The van der Waals surface area contributed by atoms with Crippen molar-refractivity contribution in [1.29, 1.82) is 0 Å². The van der Waals surface area contributed by atoms with E-state index in [9.17, 15) is 0 Å². The zero-order valence-corrected chi connectivity index (χ0v) is 10.6. The van der Waals surface area contributed by atoms with E-state index < -0.39 is 0 Å². The number of rotatable bonds is 8. The third-order valence-corrected chi connectivity index (χ3v) is 2.59. The molecule has 0 aliphatic rings. The van der Waals surface area contributed by atoms with Crippen LogP contribution in [0.25, 0.3) is 0 Å². The molecule has 6 heteroatoms. The lowest BCUT2D eigenvalue weighted by Gasteiger charge is -2.16. The van der Waals surface area contributed by atoms with Gasteiger partial charge in [-0.05, 0) is 13.3 Å². The highest BCUT2D eigenvalue weighted by molar-refractivity contribution is 6.17. The van der Waals surface area contributed by atoms with Gasteiger partial charge in [-0.15, -0.1) is 11.6 Å². The van der Waals surface area contributed by atoms with Crippen LogP contribution in [-0.2, 0) is 17.8 Å². The van der Waals surface area contributed by atoms with Crippen molar-refractivity contribution < 1.29 is 4.74 Å². The molecule has 0 fully saturated rings. The van der Waals surface area contributed by atoms with E-state index in [1.807, 2.05) is 11.6 Å². The molecule has 92 valence electrons. The maximum Gasteiger partial charge on any atom is 0.140 e. The quantitative estimate of drug-likeness (QED) is 0.697. The van der Waals surface area contributed by atoms with Gasteiger partial charge in [-0.25, -0.2) is 9.67 Å². The fourth-order valence-corrected chi connectivity index (χ4v) is 1.77. The van der Waals surface area contributed by atoms with Crippen LogP contribution in [0.3, 0.4) is 0 Å². The SMILES string of the molecule is CCn1ncnc1CNC(CCCl)COC. The second-order valence-corrected chi connectivity index (χ2v) is 3.88. The number of aromatic nitrogens is 3. The molecule has 0 spiro atoms. The smallest absolute Gasteiger partial charge is 0.140 e. The van der Waals surface area contributed by atoms with Crippen LogP contribution in [0.2, 0.25) is 0 Å². The molecule has 0 aromatic carbocycles. The number of halogens is 1. The standard InChI is InChI=1S/C10H19ClN4O/c1-3-15-10(13-8-14-15)6-12-9(4-5-11)7-16-2/h8-9,12H,3-7H2,1-2H3. The topological polar surface area (TPSA) is 52.0 Å². The summed E-state index contributed by atoms with van der Waals surface area (Å²) in [5, 5.41) is 7.48. The molecule has 1 aromatic rings. The Hall–Kier alpha value is -0.650. The molecule has 0 radical (unpaired) electrons. The van der Waals surface area contributed by atoms with Crippen LogP contribution in [0, 0.1) is 0 Å². The maximum absolute atomic E-state index is 5.72. The van der Waals surface area contributed by atoms with Crippen molar-refractivity contribution in [2.45, 2.75) is 32.5 Å². The van der Waals surface area contributed by atoms with Gasteiger partial charge in [-0.1, -0.05) is 0 Å². The monoisotopic (exact) mass is 246 g/mol. The van der Waals surface area contributed by atoms with Crippen molar-refractivity contribution in [3.8, 4) is 0 Å². The molecule has 0 aliphatic heterocycles. The number of ether oxygens (including phenoxy) is 1. The Morgan fingerprint density at radius 2 is 2.44 bits per heavy atom. The Morgan fingerprint density at radius 1 is 1.62 bits per heavy atom. The number of aryl methyl sites for hydroxylation is 1. The largest absolute Gasteiger partial charge is 0.383 e. The number of alkyl halides is 1. The highest BCUT2D eigenvalue weighted by Crippen LogP contribution is 1.99. The predicted molar refractivity (Wildman–Crippen MR) is 63.5 cm³/mol. The fourth-order valence-electron chi connectivity index (χ4n) is 1.50. The van der Waals surface area contributed by atoms with Crippen molar-refractivity contribution in [2.24, 2.45) is 0 Å². The van der Waals surface area contributed by atoms with Gasteiger partial charge < -0.3 is 10.1 Å². The summed E-state index contributed by atoms with van der Waals surface area (Å²) in [6.07, 6.45) is 2.46. The first kappa shape index (κ1) is 13.4. The lowest BCUT2D eigenvalue weighted by molar-refractivity contribution is 0.163. The van der Waals surface area contributed by atoms with E-state index in [-0.39, 0.29) is 6.04 Å². The van der Waals surface area contributed by atoms with E-state index in [1.54, 1.807) is 13.4 Å². The van der Waals surface area contributed by atoms with Gasteiger partial charge in [0.2, 0.25) is 0 Å². The molecule has 0 saturated heterocycles. The third-order valence-electron chi connectivity index (χ3n) is 2.37. The van der Waals surface area contributed by atoms with Crippen molar-refractivity contribution in [3.05, 3.63) is 12.2 Å². The van der Waals surface area contributed by atoms with Gasteiger partial charge in [0.25, 0.3) is 0 Å². The summed E-state index contributed by atoms with van der Waals surface area (Å²) in [5.41, 5.74) is 0. The molecule has 1 unspecified atom stereocenters. The Kier molecular flexibility index (Phi) is 6.37. The molecule has 1 aromatic heterocycles. The van der Waals surface area contributed by atoms with Crippen molar-refractivity contribution >= 4 is 11.6 Å². The molecule has 0 amide bonds. The second kappa shape index (κ2) is 7.60.